The fourth-order valence-corrected chi connectivity index (χ4v) is 1.93. The smallest absolute Gasteiger partial charge is 0.0834 e. The van der Waals surface area contributed by atoms with E-state index in [1.54, 1.807) is 0 Å². The van der Waals surface area contributed by atoms with Crippen LogP contribution >= 0.6 is 0 Å². The highest BCUT2D eigenvalue weighted by molar-refractivity contribution is 4.75. The van der Waals surface area contributed by atoms with Crippen molar-refractivity contribution < 1.29 is 9.59 Å². The standard InChI is InChI=1S/C9H20NO/c1-10(2,3)7-8-5-4-6-9(8)11/h8-9,11H,4-7H2,1-3H3/q+1/t8-,9-/m1/s1. The summed E-state index contributed by atoms with van der Waals surface area (Å²) in [6.07, 6.45) is 3.43. The van der Waals surface area contributed by atoms with E-state index in [0.29, 0.717) is 5.92 Å². The predicted molar refractivity (Wildman–Crippen MR) is 46.2 cm³/mol. The number of hydrogen-bond acceptors (Lipinski definition) is 1. The van der Waals surface area contributed by atoms with E-state index in [-0.39, 0.29) is 6.10 Å². The first-order valence-corrected chi connectivity index (χ1v) is 4.47. The van der Waals surface area contributed by atoms with Crippen LogP contribution in [0, 0.1) is 5.92 Å². The molecule has 0 aliphatic heterocycles. The Morgan fingerprint density at radius 3 is 2.27 bits per heavy atom. The molecule has 66 valence electrons. The van der Waals surface area contributed by atoms with Crippen molar-refractivity contribution in [3.8, 4) is 0 Å². The van der Waals surface area contributed by atoms with Gasteiger partial charge in [-0.2, -0.15) is 0 Å². The Morgan fingerprint density at radius 2 is 1.91 bits per heavy atom. The molecule has 2 heteroatoms. The van der Waals surface area contributed by atoms with E-state index in [1.807, 2.05) is 0 Å². The molecule has 1 rings (SSSR count). The Morgan fingerprint density at radius 1 is 1.27 bits per heavy atom. The van der Waals surface area contributed by atoms with Crippen LogP contribution in [0.2, 0.25) is 0 Å². The highest BCUT2D eigenvalue weighted by Gasteiger charge is 2.29. The quantitative estimate of drug-likeness (QED) is 0.591. The van der Waals surface area contributed by atoms with E-state index >= 15 is 0 Å². The van der Waals surface area contributed by atoms with Crippen LogP contribution in [0.15, 0.2) is 0 Å². The van der Waals surface area contributed by atoms with E-state index in [1.165, 1.54) is 12.8 Å². The highest BCUT2D eigenvalue weighted by Crippen LogP contribution is 2.26. The summed E-state index contributed by atoms with van der Waals surface area (Å²) < 4.78 is 0.974. The van der Waals surface area contributed by atoms with Gasteiger partial charge < -0.3 is 9.59 Å². The van der Waals surface area contributed by atoms with Gasteiger partial charge in [0.25, 0.3) is 0 Å². The van der Waals surface area contributed by atoms with Crippen LogP contribution < -0.4 is 0 Å². The third kappa shape index (κ3) is 2.80. The number of aliphatic hydroxyl groups is 1. The Kier molecular flexibility index (Phi) is 2.55. The molecule has 0 heterocycles. The van der Waals surface area contributed by atoms with Crippen molar-refractivity contribution in [3.63, 3.8) is 0 Å². The maximum atomic E-state index is 9.54. The van der Waals surface area contributed by atoms with Gasteiger partial charge in [0.2, 0.25) is 0 Å². The predicted octanol–water partition coefficient (Wildman–Crippen LogP) is 0.854. The van der Waals surface area contributed by atoms with E-state index in [0.717, 1.165) is 17.4 Å². The number of quaternary nitrogens is 1. The van der Waals surface area contributed by atoms with Crippen molar-refractivity contribution in [2.75, 3.05) is 27.7 Å². The van der Waals surface area contributed by atoms with Crippen LogP contribution in [0.25, 0.3) is 0 Å². The third-order valence-electron chi connectivity index (χ3n) is 2.40. The number of hydrogen-bond donors (Lipinski definition) is 1. The molecule has 1 fully saturated rings. The minimum Gasteiger partial charge on any atom is -0.393 e. The molecule has 0 radical (unpaired) electrons. The van der Waals surface area contributed by atoms with Gasteiger partial charge in [-0.25, -0.2) is 0 Å². The van der Waals surface area contributed by atoms with Crippen LogP contribution in [0.4, 0.5) is 0 Å². The summed E-state index contributed by atoms with van der Waals surface area (Å²) in [6, 6.07) is 0. The molecule has 0 bridgehead atoms. The summed E-state index contributed by atoms with van der Waals surface area (Å²) in [7, 11) is 6.56. The molecule has 0 aromatic rings. The van der Waals surface area contributed by atoms with Crippen LogP contribution in [0.1, 0.15) is 19.3 Å². The largest absolute Gasteiger partial charge is 0.393 e. The van der Waals surface area contributed by atoms with Gasteiger partial charge in [-0.1, -0.05) is 6.42 Å². The van der Waals surface area contributed by atoms with Crippen LogP contribution in [0.3, 0.4) is 0 Å². The molecule has 1 N–H and O–H groups in total. The topological polar surface area (TPSA) is 20.2 Å². The molecule has 1 aliphatic carbocycles. The Labute approximate surface area is 69.4 Å². The van der Waals surface area contributed by atoms with Crippen molar-refractivity contribution in [1.29, 1.82) is 0 Å². The molecule has 2 atom stereocenters. The second kappa shape index (κ2) is 3.11. The monoisotopic (exact) mass is 158 g/mol. The fraction of sp³-hybridized carbons (Fsp3) is 1.00. The van der Waals surface area contributed by atoms with Crippen molar-refractivity contribution in [2.45, 2.75) is 25.4 Å². The molecular formula is C9H20NO+. The van der Waals surface area contributed by atoms with E-state index in [2.05, 4.69) is 21.1 Å². The Bertz CT molecular complexity index is 128. The lowest BCUT2D eigenvalue weighted by Gasteiger charge is -2.28. The third-order valence-corrected chi connectivity index (χ3v) is 2.40. The summed E-state index contributed by atoms with van der Waals surface area (Å²) >= 11 is 0. The van der Waals surface area contributed by atoms with Gasteiger partial charge in [-0.3, -0.25) is 0 Å². The number of rotatable bonds is 2. The molecular weight excluding hydrogens is 138 g/mol. The van der Waals surface area contributed by atoms with E-state index in [4.69, 9.17) is 0 Å². The Balaban J connectivity index is 2.37. The molecule has 0 saturated heterocycles. The van der Waals surface area contributed by atoms with E-state index in [9.17, 15) is 5.11 Å². The first kappa shape index (κ1) is 9.01. The summed E-state index contributed by atoms with van der Waals surface area (Å²) in [4.78, 5) is 0. The van der Waals surface area contributed by atoms with Crippen molar-refractivity contribution in [3.05, 3.63) is 0 Å². The van der Waals surface area contributed by atoms with Crippen molar-refractivity contribution in [1.82, 2.24) is 0 Å². The highest BCUT2D eigenvalue weighted by atomic mass is 16.3. The van der Waals surface area contributed by atoms with Crippen LogP contribution in [-0.4, -0.2) is 43.4 Å². The van der Waals surface area contributed by atoms with Gasteiger partial charge in [0.15, 0.2) is 0 Å². The van der Waals surface area contributed by atoms with Crippen molar-refractivity contribution >= 4 is 0 Å². The van der Waals surface area contributed by atoms with E-state index < -0.39 is 0 Å². The fourth-order valence-electron chi connectivity index (χ4n) is 1.93. The summed E-state index contributed by atoms with van der Waals surface area (Å²) in [5.74, 6) is 0.551. The minimum absolute atomic E-state index is 0.0210. The molecule has 0 unspecified atom stereocenters. The zero-order chi connectivity index (χ0) is 8.48. The van der Waals surface area contributed by atoms with Crippen LogP contribution in [0.5, 0.6) is 0 Å². The maximum absolute atomic E-state index is 9.54. The second-order valence-corrected chi connectivity index (χ2v) is 4.73. The second-order valence-electron chi connectivity index (χ2n) is 4.73. The van der Waals surface area contributed by atoms with Gasteiger partial charge in [-0.05, 0) is 12.8 Å². The lowest BCUT2D eigenvalue weighted by molar-refractivity contribution is -0.874. The molecule has 1 saturated carbocycles. The van der Waals surface area contributed by atoms with Gasteiger partial charge in [0, 0.05) is 5.92 Å². The summed E-state index contributed by atoms with van der Waals surface area (Å²) in [6.45, 7) is 1.11. The van der Waals surface area contributed by atoms with Gasteiger partial charge in [-0.15, -0.1) is 0 Å². The molecule has 0 spiro atoms. The van der Waals surface area contributed by atoms with Crippen LogP contribution in [-0.2, 0) is 0 Å². The maximum Gasteiger partial charge on any atom is 0.0834 e. The zero-order valence-corrected chi connectivity index (χ0v) is 7.88. The van der Waals surface area contributed by atoms with Gasteiger partial charge in [0.1, 0.15) is 0 Å². The minimum atomic E-state index is -0.0210. The zero-order valence-electron chi connectivity index (χ0n) is 7.88. The van der Waals surface area contributed by atoms with Crippen molar-refractivity contribution in [2.24, 2.45) is 5.92 Å². The lowest BCUT2D eigenvalue weighted by Crippen LogP contribution is -2.41. The first-order valence-electron chi connectivity index (χ1n) is 4.47. The SMILES string of the molecule is C[N+](C)(C)C[C@H]1CCC[C@H]1O. The lowest BCUT2D eigenvalue weighted by atomic mass is 10.1. The summed E-state index contributed by atoms with van der Waals surface area (Å²) in [5.41, 5.74) is 0. The average Bonchev–Trinajstić information content (AvgIpc) is 2.12. The molecule has 11 heavy (non-hydrogen) atoms. The molecule has 0 aromatic heterocycles. The molecule has 2 nitrogen and oxygen atoms in total. The molecule has 0 aromatic carbocycles. The first-order chi connectivity index (χ1) is 4.99. The molecule has 0 amide bonds. The van der Waals surface area contributed by atoms with Gasteiger partial charge >= 0.3 is 0 Å². The average molecular weight is 158 g/mol. The summed E-state index contributed by atoms with van der Waals surface area (Å²) in [5, 5.41) is 9.54. The van der Waals surface area contributed by atoms with Gasteiger partial charge in [0.05, 0.1) is 33.8 Å². The Hall–Kier alpha value is -0.0800. The number of nitrogens with zero attached hydrogens (tertiary/aromatic N) is 1. The normalized spacial score (nSPS) is 32.7. The molecule has 1 aliphatic rings. The number of aliphatic hydroxyl groups excluding tert-OH is 1.